The summed E-state index contributed by atoms with van der Waals surface area (Å²) in [5.74, 6) is 0.419. The van der Waals surface area contributed by atoms with Crippen LogP contribution in [0.2, 0.25) is 0 Å². The van der Waals surface area contributed by atoms with Gasteiger partial charge in [-0.1, -0.05) is 12.1 Å². The maximum Gasteiger partial charge on any atom is 0.407 e. The lowest BCUT2D eigenvalue weighted by molar-refractivity contribution is 0.0169. The van der Waals surface area contributed by atoms with Crippen LogP contribution in [0.25, 0.3) is 0 Å². The lowest BCUT2D eigenvalue weighted by Gasteiger charge is -2.35. The lowest BCUT2D eigenvalue weighted by atomic mass is 10.0. The summed E-state index contributed by atoms with van der Waals surface area (Å²) in [6.07, 6.45) is 0.301. The zero-order chi connectivity index (χ0) is 22.7. The molecule has 1 unspecified atom stereocenters. The number of ether oxygens (including phenoxy) is 2. The van der Waals surface area contributed by atoms with Crippen molar-refractivity contribution in [1.82, 2.24) is 20.9 Å². The molecule has 0 aromatic heterocycles. The summed E-state index contributed by atoms with van der Waals surface area (Å²) in [5, 5.41) is 9.31. The van der Waals surface area contributed by atoms with Crippen LogP contribution in [0.4, 0.5) is 9.18 Å². The van der Waals surface area contributed by atoms with Crippen LogP contribution >= 0.6 is 0 Å². The minimum atomic E-state index is -0.507. The lowest BCUT2D eigenvalue weighted by Crippen LogP contribution is -2.46. The molecule has 2 rings (SSSR count). The smallest absolute Gasteiger partial charge is 0.407 e. The van der Waals surface area contributed by atoms with Crippen LogP contribution in [-0.4, -0.2) is 75.5 Å². The molecule has 0 aliphatic carbocycles. The summed E-state index contributed by atoms with van der Waals surface area (Å²) in [4.78, 5) is 18.2. The monoisotopic (exact) mass is 437 g/mol. The Hall–Kier alpha value is -2.39. The molecule has 1 aromatic rings. The van der Waals surface area contributed by atoms with Crippen LogP contribution in [0, 0.1) is 5.82 Å². The quantitative estimate of drug-likeness (QED) is 0.329. The van der Waals surface area contributed by atoms with E-state index in [0.29, 0.717) is 38.8 Å². The molecule has 3 N–H and O–H groups in total. The van der Waals surface area contributed by atoms with Crippen molar-refractivity contribution < 1.29 is 18.7 Å². The fourth-order valence-corrected chi connectivity index (χ4v) is 3.27. The number of hydrogen-bond acceptors (Lipinski definition) is 5. The second kappa shape index (κ2) is 12.5. The third-order valence-electron chi connectivity index (χ3n) is 4.72. The SMILES string of the molecule is CN=C(NCCCNC(=O)OC(C)(C)C)NCC(c1cccc(F)c1)N1CCOCC1. The third-order valence-corrected chi connectivity index (χ3v) is 4.72. The zero-order valence-electron chi connectivity index (χ0n) is 19.0. The van der Waals surface area contributed by atoms with Gasteiger partial charge in [0.1, 0.15) is 11.4 Å². The molecule has 9 heteroatoms. The third kappa shape index (κ3) is 9.52. The first kappa shape index (κ1) is 24.9. The maximum atomic E-state index is 13.8. The second-order valence-corrected chi connectivity index (χ2v) is 8.38. The van der Waals surface area contributed by atoms with E-state index in [1.807, 2.05) is 26.8 Å². The molecule has 1 aliphatic heterocycles. The Morgan fingerprint density at radius 1 is 1.23 bits per heavy atom. The number of rotatable bonds is 8. The van der Waals surface area contributed by atoms with E-state index in [2.05, 4.69) is 25.8 Å². The number of nitrogens with one attached hydrogen (secondary N) is 3. The van der Waals surface area contributed by atoms with Crippen molar-refractivity contribution >= 4 is 12.1 Å². The normalized spacial score (nSPS) is 16.5. The van der Waals surface area contributed by atoms with Crippen LogP contribution in [-0.2, 0) is 9.47 Å². The molecular weight excluding hydrogens is 401 g/mol. The highest BCUT2D eigenvalue weighted by Gasteiger charge is 2.23. The van der Waals surface area contributed by atoms with Gasteiger partial charge in [-0.05, 0) is 44.9 Å². The Morgan fingerprint density at radius 2 is 1.94 bits per heavy atom. The van der Waals surface area contributed by atoms with Gasteiger partial charge in [0, 0.05) is 39.8 Å². The summed E-state index contributed by atoms with van der Waals surface area (Å²) >= 11 is 0. The Bertz CT molecular complexity index is 717. The molecule has 1 amide bonds. The van der Waals surface area contributed by atoms with Crippen LogP contribution in [0.5, 0.6) is 0 Å². The number of morpholine rings is 1. The van der Waals surface area contributed by atoms with Crippen molar-refractivity contribution in [3.8, 4) is 0 Å². The molecule has 1 aromatic carbocycles. The average Bonchev–Trinajstić information content (AvgIpc) is 2.71. The van der Waals surface area contributed by atoms with Crippen LogP contribution < -0.4 is 16.0 Å². The summed E-state index contributed by atoms with van der Waals surface area (Å²) in [6, 6.07) is 6.73. The molecule has 1 aliphatic rings. The van der Waals surface area contributed by atoms with Crippen molar-refractivity contribution in [2.75, 3.05) is 53.0 Å². The van der Waals surface area contributed by atoms with Gasteiger partial charge < -0.3 is 25.4 Å². The summed E-state index contributed by atoms with van der Waals surface area (Å²) in [5.41, 5.74) is 0.416. The van der Waals surface area contributed by atoms with E-state index < -0.39 is 11.7 Å². The topological polar surface area (TPSA) is 87.2 Å². The first-order valence-corrected chi connectivity index (χ1v) is 10.8. The number of nitrogens with zero attached hydrogens (tertiary/aromatic N) is 2. The first-order valence-electron chi connectivity index (χ1n) is 10.8. The molecule has 1 saturated heterocycles. The fraction of sp³-hybridized carbons (Fsp3) is 0.636. The molecular formula is C22H36FN5O3. The number of hydrogen-bond donors (Lipinski definition) is 3. The Labute approximate surface area is 184 Å². The Kier molecular flexibility index (Phi) is 10.00. The number of guanidine groups is 1. The van der Waals surface area contributed by atoms with Crippen molar-refractivity contribution in [1.29, 1.82) is 0 Å². The molecule has 0 spiro atoms. The Morgan fingerprint density at radius 3 is 2.58 bits per heavy atom. The standard InChI is InChI=1S/C22H36FN5O3/c1-22(2,3)31-21(29)26-10-6-9-25-20(24-4)27-16-19(28-11-13-30-14-12-28)17-7-5-8-18(23)15-17/h5,7-8,15,19H,6,9-14,16H2,1-4H3,(H,26,29)(H2,24,25,27). The van der Waals surface area contributed by atoms with Gasteiger partial charge in [0.2, 0.25) is 0 Å². The molecule has 0 radical (unpaired) electrons. The number of aliphatic imine (C=N–C) groups is 1. The van der Waals surface area contributed by atoms with E-state index in [1.165, 1.54) is 6.07 Å². The molecule has 0 saturated carbocycles. The van der Waals surface area contributed by atoms with E-state index in [4.69, 9.17) is 9.47 Å². The number of benzene rings is 1. The minimum absolute atomic E-state index is 0.00647. The summed E-state index contributed by atoms with van der Waals surface area (Å²) in [7, 11) is 1.71. The molecule has 174 valence electrons. The van der Waals surface area contributed by atoms with Crippen molar-refractivity contribution in [2.24, 2.45) is 4.99 Å². The van der Waals surface area contributed by atoms with Crippen LogP contribution in [0.15, 0.2) is 29.3 Å². The van der Waals surface area contributed by atoms with E-state index in [9.17, 15) is 9.18 Å². The van der Waals surface area contributed by atoms with E-state index in [0.717, 1.165) is 25.1 Å². The highest BCUT2D eigenvalue weighted by molar-refractivity contribution is 5.79. The Balaban J connectivity index is 1.80. The molecule has 1 fully saturated rings. The van der Waals surface area contributed by atoms with Crippen LogP contribution in [0.1, 0.15) is 38.8 Å². The first-order chi connectivity index (χ1) is 14.8. The molecule has 1 atom stereocenters. The van der Waals surface area contributed by atoms with Crippen LogP contribution in [0.3, 0.4) is 0 Å². The van der Waals surface area contributed by atoms with Gasteiger partial charge in [-0.25, -0.2) is 9.18 Å². The van der Waals surface area contributed by atoms with Crippen molar-refractivity contribution in [2.45, 2.75) is 38.8 Å². The molecule has 31 heavy (non-hydrogen) atoms. The van der Waals surface area contributed by atoms with Gasteiger partial charge in [-0.2, -0.15) is 0 Å². The van der Waals surface area contributed by atoms with E-state index in [-0.39, 0.29) is 11.9 Å². The van der Waals surface area contributed by atoms with Gasteiger partial charge in [-0.15, -0.1) is 0 Å². The van der Waals surface area contributed by atoms with Crippen molar-refractivity contribution in [3.05, 3.63) is 35.6 Å². The summed E-state index contributed by atoms with van der Waals surface area (Å²) in [6.45, 7) is 10.1. The number of halogens is 1. The second-order valence-electron chi connectivity index (χ2n) is 8.38. The van der Waals surface area contributed by atoms with Gasteiger partial charge >= 0.3 is 6.09 Å². The van der Waals surface area contributed by atoms with E-state index in [1.54, 1.807) is 19.2 Å². The van der Waals surface area contributed by atoms with Gasteiger partial charge in [0.05, 0.1) is 19.3 Å². The number of carbonyl (C=O) groups excluding carboxylic acids is 1. The van der Waals surface area contributed by atoms with Crippen molar-refractivity contribution in [3.63, 3.8) is 0 Å². The molecule has 1 heterocycles. The zero-order valence-corrected chi connectivity index (χ0v) is 19.0. The van der Waals surface area contributed by atoms with Gasteiger partial charge in [-0.3, -0.25) is 9.89 Å². The van der Waals surface area contributed by atoms with E-state index >= 15 is 0 Å². The summed E-state index contributed by atoms with van der Waals surface area (Å²) < 4.78 is 24.5. The number of alkyl carbamates (subject to hydrolysis) is 1. The predicted molar refractivity (Wildman–Crippen MR) is 120 cm³/mol. The number of carbonyl (C=O) groups is 1. The fourth-order valence-electron chi connectivity index (χ4n) is 3.27. The molecule has 0 bridgehead atoms. The molecule has 8 nitrogen and oxygen atoms in total. The maximum absolute atomic E-state index is 13.8. The van der Waals surface area contributed by atoms with Gasteiger partial charge in [0.25, 0.3) is 0 Å². The average molecular weight is 438 g/mol. The largest absolute Gasteiger partial charge is 0.444 e. The highest BCUT2D eigenvalue weighted by Crippen LogP contribution is 2.22. The predicted octanol–water partition coefficient (Wildman–Crippen LogP) is 2.28. The van der Waals surface area contributed by atoms with Gasteiger partial charge in [0.15, 0.2) is 5.96 Å². The number of amides is 1. The minimum Gasteiger partial charge on any atom is -0.444 e. The highest BCUT2D eigenvalue weighted by atomic mass is 19.1.